The third kappa shape index (κ3) is 6.47. The summed E-state index contributed by atoms with van der Waals surface area (Å²) < 4.78 is 68.8. The summed E-state index contributed by atoms with van der Waals surface area (Å²) in [5, 5.41) is 19.7. The van der Waals surface area contributed by atoms with Gasteiger partial charge in [-0.25, -0.2) is 16.8 Å². The molecule has 0 aromatic heterocycles. The van der Waals surface area contributed by atoms with Crippen molar-refractivity contribution in [3.05, 3.63) is 81.7 Å². The molecule has 0 saturated carbocycles. The zero-order valence-corrected chi connectivity index (χ0v) is 27.8. The lowest BCUT2D eigenvalue weighted by molar-refractivity contribution is -0.136. The van der Waals surface area contributed by atoms with Crippen molar-refractivity contribution in [2.45, 2.75) is 9.79 Å². The van der Waals surface area contributed by atoms with Gasteiger partial charge in [-0.1, -0.05) is 56.1 Å². The quantitative estimate of drug-likeness (QED) is 0.201. The summed E-state index contributed by atoms with van der Waals surface area (Å²) in [7, 11) is -6.62. The van der Waals surface area contributed by atoms with Crippen LogP contribution in [0, 0.1) is 0 Å². The van der Waals surface area contributed by atoms with Crippen LogP contribution in [0.3, 0.4) is 0 Å². The Morgan fingerprint density at radius 2 is 1.02 bits per heavy atom. The number of hydrogen-bond donors (Lipinski definition) is 2. The molecule has 44 heavy (non-hydrogen) atoms. The van der Waals surface area contributed by atoms with Crippen LogP contribution in [0.4, 0.5) is 11.4 Å². The molecule has 4 aromatic rings. The number of ether oxygens (including phenoxy) is 2. The van der Waals surface area contributed by atoms with E-state index in [1.807, 2.05) is 0 Å². The number of rotatable bonds is 12. The lowest BCUT2D eigenvalue weighted by Crippen LogP contribution is -2.37. The highest BCUT2D eigenvalue weighted by molar-refractivity contribution is 9.10. The van der Waals surface area contributed by atoms with Crippen molar-refractivity contribution in [3.63, 3.8) is 0 Å². The van der Waals surface area contributed by atoms with Gasteiger partial charge in [-0.15, -0.1) is 0 Å². The molecule has 0 radical (unpaired) electrons. The number of halogens is 2. The molecule has 0 unspecified atom stereocenters. The monoisotopic (exact) mass is 770 g/mol. The number of aliphatic carboxylic acids is 2. The molecular formula is C28H24Br2N2O10S2. The second kappa shape index (κ2) is 13.0. The number of carbonyl (C=O) groups is 2. The molecule has 0 fully saturated rings. The lowest BCUT2D eigenvalue weighted by Gasteiger charge is -2.28. The van der Waals surface area contributed by atoms with Gasteiger partial charge in [0.2, 0.25) is 0 Å². The van der Waals surface area contributed by atoms with Gasteiger partial charge in [-0.2, -0.15) is 0 Å². The Morgan fingerprint density at radius 1 is 0.659 bits per heavy atom. The number of nitrogens with zero attached hydrogens (tertiary/aromatic N) is 2. The summed E-state index contributed by atoms with van der Waals surface area (Å²) >= 11 is 6.51. The molecule has 0 aliphatic rings. The number of hydrogen-bond acceptors (Lipinski definition) is 8. The molecule has 232 valence electrons. The van der Waals surface area contributed by atoms with E-state index in [1.54, 1.807) is 12.1 Å². The average molecular weight is 772 g/mol. The highest BCUT2D eigenvalue weighted by Gasteiger charge is 2.34. The van der Waals surface area contributed by atoms with Gasteiger partial charge in [-0.05, 0) is 48.5 Å². The number of carboxylic acids is 2. The van der Waals surface area contributed by atoms with Crippen LogP contribution < -0.4 is 18.1 Å². The van der Waals surface area contributed by atoms with Crippen molar-refractivity contribution in [2.75, 3.05) is 35.9 Å². The number of methoxy groups -OCH3 is 2. The van der Waals surface area contributed by atoms with E-state index in [4.69, 9.17) is 9.47 Å². The second-order valence-electron chi connectivity index (χ2n) is 9.05. The maximum Gasteiger partial charge on any atom is 0.324 e. The normalized spacial score (nSPS) is 11.6. The molecular weight excluding hydrogens is 748 g/mol. The van der Waals surface area contributed by atoms with Crippen molar-refractivity contribution >= 4 is 86.0 Å². The number of carboxylic acid groups (broad SMARTS) is 2. The number of fused-ring (bicyclic) bond motifs is 1. The van der Waals surface area contributed by atoms with Crippen molar-refractivity contribution in [1.82, 2.24) is 0 Å². The van der Waals surface area contributed by atoms with Gasteiger partial charge >= 0.3 is 11.9 Å². The van der Waals surface area contributed by atoms with Gasteiger partial charge in [0.1, 0.15) is 34.4 Å². The third-order valence-corrected chi connectivity index (χ3v) is 10.9. The molecule has 0 amide bonds. The minimum absolute atomic E-state index is 0.0436. The van der Waals surface area contributed by atoms with E-state index in [0.717, 1.165) is 0 Å². The highest BCUT2D eigenvalue weighted by Crippen LogP contribution is 2.41. The molecule has 0 aliphatic heterocycles. The molecule has 0 bridgehead atoms. The van der Waals surface area contributed by atoms with E-state index in [1.165, 1.54) is 74.9 Å². The molecule has 2 N–H and O–H groups in total. The third-order valence-electron chi connectivity index (χ3n) is 6.36. The Hall–Kier alpha value is -3.86. The Labute approximate surface area is 269 Å². The number of anilines is 2. The largest absolute Gasteiger partial charge is 0.495 e. The Bertz CT molecular complexity index is 1840. The summed E-state index contributed by atoms with van der Waals surface area (Å²) in [5.41, 5.74) is -0.184. The van der Waals surface area contributed by atoms with Crippen LogP contribution in [0.5, 0.6) is 11.5 Å². The van der Waals surface area contributed by atoms with Crippen molar-refractivity contribution < 1.29 is 46.1 Å². The average Bonchev–Trinajstić information content (AvgIpc) is 2.97. The smallest absolute Gasteiger partial charge is 0.324 e. The molecule has 0 saturated heterocycles. The zero-order valence-electron chi connectivity index (χ0n) is 23.0. The minimum Gasteiger partial charge on any atom is -0.495 e. The molecule has 0 aliphatic carbocycles. The molecule has 0 atom stereocenters. The Kier molecular flexibility index (Phi) is 9.77. The van der Waals surface area contributed by atoms with Gasteiger partial charge in [-0.3, -0.25) is 18.2 Å². The van der Waals surface area contributed by atoms with Gasteiger partial charge in [0.25, 0.3) is 20.0 Å². The maximum absolute atomic E-state index is 14.0. The zero-order chi connectivity index (χ0) is 32.4. The predicted molar refractivity (Wildman–Crippen MR) is 170 cm³/mol. The first-order valence-corrected chi connectivity index (χ1v) is 16.9. The Morgan fingerprint density at radius 3 is 1.34 bits per heavy atom. The Balaban J connectivity index is 1.99. The van der Waals surface area contributed by atoms with Crippen molar-refractivity contribution in [3.8, 4) is 11.5 Å². The molecule has 12 nitrogen and oxygen atoms in total. The van der Waals surface area contributed by atoms with E-state index in [9.17, 15) is 36.6 Å². The summed E-state index contributed by atoms with van der Waals surface area (Å²) in [4.78, 5) is 23.3. The first-order chi connectivity index (χ1) is 20.7. The fourth-order valence-electron chi connectivity index (χ4n) is 4.49. The molecule has 4 aromatic carbocycles. The predicted octanol–water partition coefficient (Wildman–Crippen LogP) is 4.94. The van der Waals surface area contributed by atoms with Crippen LogP contribution in [0.1, 0.15) is 0 Å². The lowest BCUT2D eigenvalue weighted by atomic mass is 10.1. The van der Waals surface area contributed by atoms with Crippen LogP contribution in [-0.2, 0) is 29.6 Å². The van der Waals surface area contributed by atoms with Crippen LogP contribution >= 0.6 is 31.9 Å². The van der Waals surface area contributed by atoms with Crippen LogP contribution in [0.2, 0.25) is 0 Å². The van der Waals surface area contributed by atoms with Crippen molar-refractivity contribution in [1.29, 1.82) is 0 Å². The van der Waals surface area contributed by atoms with Crippen LogP contribution in [-0.4, -0.2) is 66.3 Å². The number of benzene rings is 4. The second-order valence-corrected chi connectivity index (χ2v) is 14.5. The van der Waals surface area contributed by atoms with Crippen LogP contribution in [0.15, 0.2) is 91.5 Å². The van der Waals surface area contributed by atoms with Gasteiger partial charge in [0, 0.05) is 19.7 Å². The maximum atomic E-state index is 14.0. The van der Waals surface area contributed by atoms with Crippen LogP contribution in [0.25, 0.3) is 10.8 Å². The fraction of sp³-hybridized carbons (Fsp3) is 0.143. The molecule has 4 rings (SSSR count). The van der Waals surface area contributed by atoms with E-state index < -0.39 is 45.1 Å². The summed E-state index contributed by atoms with van der Waals surface area (Å²) in [6.07, 6.45) is 0. The first-order valence-electron chi connectivity index (χ1n) is 12.4. The molecule has 0 spiro atoms. The first kappa shape index (κ1) is 33.0. The topological polar surface area (TPSA) is 168 Å². The standard InChI is InChI=1S/C28H24Br2N2O10S2/c1-41-23-13-17(29)7-11-25(23)43(37,38)31(15-27(33)34)21-9-10-22(20-6-4-3-5-19(20)21)32(16-28(35)36)44(39,40)26-12-8-18(30)14-24(26)42-2/h3-14H,15-16H2,1-2H3,(H,33,34)(H,35,36). The van der Waals surface area contributed by atoms with Gasteiger partial charge in [0.15, 0.2) is 0 Å². The van der Waals surface area contributed by atoms with Crippen molar-refractivity contribution in [2.24, 2.45) is 0 Å². The summed E-state index contributed by atoms with van der Waals surface area (Å²) in [5.74, 6) is -3.01. The van der Waals surface area contributed by atoms with E-state index in [-0.39, 0.29) is 43.4 Å². The fourth-order valence-corrected chi connectivity index (χ4v) is 8.32. The molecule has 16 heteroatoms. The summed E-state index contributed by atoms with van der Waals surface area (Å²) in [6.45, 7) is -1.98. The minimum atomic E-state index is -4.58. The number of sulfonamides is 2. The SMILES string of the molecule is COc1cc(Br)ccc1S(=O)(=O)N(CC(=O)O)c1ccc(N(CC(=O)O)S(=O)(=O)c2ccc(Br)cc2OC)c2ccccc12. The van der Waals surface area contributed by atoms with Gasteiger partial charge in [0.05, 0.1) is 25.6 Å². The summed E-state index contributed by atoms with van der Waals surface area (Å²) in [6, 6.07) is 16.8. The highest BCUT2D eigenvalue weighted by atomic mass is 79.9. The van der Waals surface area contributed by atoms with Gasteiger partial charge < -0.3 is 19.7 Å². The van der Waals surface area contributed by atoms with E-state index in [2.05, 4.69) is 31.9 Å². The molecule has 0 heterocycles. The van der Waals surface area contributed by atoms with E-state index in [0.29, 0.717) is 17.6 Å². The van der Waals surface area contributed by atoms with E-state index >= 15 is 0 Å².